The van der Waals surface area contributed by atoms with Gasteiger partial charge >= 0.3 is 6.18 Å². The molecule has 0 aromatic carbocycles. The average Bonchev–Trinajstić information content (AvgIpc) is 3.44. The van der Waals surface area contributed by atoms with Crippen LogP contribution in [0.15, 0.2) is 36.9 Å². The smallest absolute Gasteiger partial charge is 0.385 e. The summed E-state index contributed by atoms with van der Waals surface area (Å²) < 4.78 is 67.4. The molecular weight excluding hydrogens is 499 g/mol. The zero-order valence-electron chi connectivity index (χ0n) is 19.3. The van der Waals surface area contributed by atoms with Crippen molar-refractivity contribution in [2.24, 2.45) is 0 Å². The zero-order valence-corrected chi connectivity index (χ0v) is 20.1. The number of alkyl halides is 3. The standard InChI is InChI=1S/C22H22F3N7O3S/c1-12(33)21-30-18-10-27-16(8-19(18)32(21)13(2)22(23,24)25)7-15-5-6-26-20(29-15)14-9-28-31(11-14)36(34,35)17-3-4-17/h5-6,8-13,17,33H,3-4,7H2,1-2H3/t12-,13?/m1/s1. The second-order valence-corrected chi connectivity index (χ2v) is 10.9. The molecule has 0 aliphatic heterocycles. The van der Waals surface area contributed by atoms with Crippen molar-refractivity contribution in [3.8, 4) is 11.4 Å². The van der Waals surface area contributed by atoms with Gasteiger partial charge in [0.25, 0.3) is 10.0 Å². The van der Waals surface area contributed by atoms with E-state index in [2.05, 4.69) is 25.0 Å². The number of halogens is 3. The summed E-state index contributed by atoms with van der Waals surface area (Å²) in [5.74, 6) is 0.161. The topological polar surface area (TPSA) is 129 Å². The largest absolute Gasteiger partial charge is 0.408 e. The fraction of sp³-hybridized carbons (Fsp3) is 0.409. The van der Waals surface area contributed by atoms with Crippen LogP contribution in [0, 0.1) is 0 Å². The molecule has 4 aromatic heterocycles. The Labute approximate surface area is 203 Å². The van der Waals surface area contributed by atoms with Gasteiger partial charge in [0.2, 0.25) is 0 Å². The third-order valence-corrected chi connectivity index (χ3v) is 8.03. The molecule has 10 nitrogen and oxygen atoms in total. The molecule has 5 rings (SSSR count). The molecule has 190 valence electrons. The molecule has 0 radical (unpaired) electrons. The Hall–Kier alpha value is -3.39. The third kappa shape index (κ3) is 4.46. The van der Waals surface area contributed by atoms with E-state index < -0.39 is 33.6 Å². The van der Waals surface area contributed by atoms with Gasteiger partial charge in [-0.25, -0.2) is 23.4 Å². The van der Waals surface area contributed by atoms with Gasteiger partial charge in [-0.15, -0.1) is 0 Å². The predicted molar refractivity (Wildman–Crippen MR) is 122 cm³/mol. The third-order valence-electron chi connectivity index (χ3n) is 5.99. The van der Waals surface area contributed by atoms with Gasteiger partial charge in [-0.1, -0.05) is 0 Å². The first-order valence-electron chi connectivity index (χ1n) is 11.2. The summed E-state index contributed by atoms with van der Waals surface area (Å²) in [6, 6.07) is 1.23. The van der Waals surface area contributed by atoms with Crippen LogP contribution in [0.1, 0.15) is 56.0 Å². The van der Waals surface area contributed by atoms with Gasteiger partial charge in [-0.05, 0) is 38.8 Å². The Morgan fingerprint density at radius 3 is 2.56 bits per heavy atom. The summed E-state index contributed by atoms with van der Waals surface area (Å²) in [5, 5.41) is 13.6. The number of hydrogen-bond donors (Lipinski definition) is 1. The second-order valence-electron chi connectivity index (χ2n) is 8.79. The average molecular weight is 522 g/mol. The fourth-order valence-electron chi connectivity index (χ4n) is 3.90. The van der Waals surface area contributed by atoms with E-state index in [4.69, 9.17) is 0 Å². The Balaban J connectivity index is 1.46. The minimum atomic E-state index is -4.54. The van der Waals surface area contributed by atoms with Crippen LogP contribution in [0.3, 0.4) is 0 Å². The molecule has 1 unspecified atom stereocenters. The first-order chi connectivity index (χ1) is 16.9. The van der Waals surface area contributed by atoms with Gasteiger partial charge < -0.3 is 9.67 Å². The van der Waals surface area contributed by atoms with E-state index >= 15 is 0 Å². The molecule has 36 heavy (non-hydrogen) atoms. The zero-order chi connectivity index (χ0) is 25.8. The SMILES string of the molecule is CC(n1c([C@@H](C)O)nc2cnc(Cc3ccnc(-c4cnn(S(=O)(=O)C5CC5)c4)n3)cc21)C(F)(F)F. The molecule has 0 saturated heterocycles. The van der Waals surface area contributed by atoms with Gasteiger partial charge in [-0.2, -0.15) is 22.4 Å². The van der Waals surface area contributed by atoms with Crippen molar-refractivity contribution in [2.75, 3.05) is 0 Å². The number of imidazole rings is 1. The fourth-order valence-corrected chi connectivity index (χ4v) is 5.38. The number of aromatic nitrogens is 7. The van der Waals surface area contributed by atoms with Crippen molar-refractivity contribution in [1.82, 2.24) is 33.7 Å². The van der Waals surface area contributed by atoms with Gasteiger partial charge in [0, 0.05) is 18.3 Å². The molecule has 0 amide bonds. The minimum absolute atomic E-state index is 0.101. The Morgan fingerprint density at radius 1 is 1.14 bits per heavy atom. The number of hydrogen-bond acceptors (Lipinski definition) is 8. The maximum Gasteiger partial charge on any atom is 0.408 e. The lowest BCUT2D eigenvalue weighted by Gasteiger charge is -2.21. The van der Waals surface area contributed by atoms with E-state index in [1.807, 2.05) is 0 Å². The van der Waals surface area contributed by atoms with E-state index in [0.717, 1.165) is 15.6 Å². The molecule has 0 spiro atoms. The summed E-state index contributed by atoms with van der Waals surface area (Å²) in [4.78, 5) is 17.1. The van der Waals surface area contributed by atoms with Crippen LogP contribution in [0.2, 0.25) is 0 Å². The molecular formula is C22H22F3N7O3S. The summed E-state index contributed by atoms with van der Waals surface area (Å²) in [5.41, 5.74) is 1.81. The summed E-state index contributed by atoms with van der Waals surface area (Å²) >= 11 is 0. The molecule has 14 heteroatoms. The summed E-state index contributed by atoms with van der Waals surface area (Å²) in [6.07, 6.45) is 1.26. The monoisotopic (exact) mass is 521 g/mol. The Kier molecular flexibility index (Phi) is 5.82. The van der Waals surface area contributed by atoms with Gasteiger partial charge in [0.15, 0.2) is 5.82 Å². The van der Waals surface area contributed by atoms with E-state index in [1.54, 1.807) is 6.07 Å². The van der Waals surface area contributed by atoms with Crippen LogP contribution in [-0.4, -0.2) is 58.6 Å². The number of aliphatic hydroxyl groups is 1. The first-order valence-corrected chi connectivity index (χ1v) is 12.7. The lowest BCUT2D eigenvalue weighted by Crippen LogP contribution is -2.25. The lowest BCUT2D eigenvalue weighted by atomic mass is 10.2. The highest BCUT2D eigenvalue weighted by atomic mass is 32.2. The molecule has 4 aromatic rings. The second kappa shape index (κ2) is 8.62. The number of nitrogens with zero attached hydrogens (tertiary/aromatic N) is 7. The summed E-state index contributed by atoms with van der Waals surface area (Å²) in [7, 11) is -3.52. The van der Waals surface area contributed by atoms with Gasteiger partial charge in [0.05, 0.1) is 40.6 Å². The van der Waals surface area contributed by atoms with E-state index in [9.17, 15) is 26.7 Å². The highest BCUT2D eigenvalue weighted by molar-refractivity contribution is 7.90. The van der Waals surface area contributed by atoms with E-state index in [0.29, 0.717) is 29.8 Å². The highest BCUT2D eigenvalue weighted by Gasteiger charge is 2.40. The molecule has 1 fully saturated rings. The van der Waals surface area contributed by atoms with Crippen LogP contribution in [-0.2, 0) is 16.4 Å². The maximum absolute atomic E-state index is 13.6. The number of rotatable bonds is 7. The number of fused-ring (bicyclic) bond motifs is 1. The van der Waals surface area contributed by atoms with Gasteiger partial charge in [0.1, 0.15) is 23.5 Å². The molecule has 1 saturated carbocycles. The quantitative estimate of drug-likeness (QED) is 0.393. The van der Waals surface area contributed by atoms with Crippen molar-refractivity contribution in [3.05, 3.63) is 54.1 Å². The van der Waals surface area contributed by atoms with Crippen molar-refractivity contribution in [1.29, 1.82) is 0 Å². The lowest BCUT2D eigenvalue weighted by molar-refractivity contribution is -0.163. The first kappa shape index (κ1) is 24.3. The maximum atomic E-state index is 13.6. The highest BCUT2D eigenvalue weighted by Crippen LogP contribution is 2.35. The number of aliphatic hydroxyl groups excluding tert-OH is 1. The molecule has 1 N–H and O–H groups in total. The van der Waals surface area contributed by atoms with Crippen molar-refractivity contribution in [3.63, 3.8) is 0 Å². The van der Waals surface area contributed by atoms with Crippen LogP contribution >= 0.6 is 0 Å². The normalized spacial score (nSPS) is 16.4. The van der Waals surface area contributed by atoms with Crippen LogP contribution in [0.5, 0.6) is 0 Å². The van der Waals surface area contributed by atoms with Crippen LogP contribution < -0.4 is 0 Å². The van der Waals surface area contributed by atoms with Crippen LogP contribution in [0.4, 0.5) is 13.2 Å². The van der Waals surface area contributed by atoms with Gasteiger partial charge in [-0.3, -0.25) is 4.98 Å². The van der Waals surface area contributed by atoms with E-state index in [1.165, 1.54) is 37.8 Å². The number of pyridine rings is 1. The minimum Gasteiger partial charge on any atom is -0.385 e. The molecule has 0 bridgehead atoms. The van der Waals surface area contributed by atoms with Crippen molar-refractivity contribution in [2.45, 2.75) is 56.7 Å². The Bertz CT molecular complexity index is 1540. The molecule has 4 heterocycles. The van der Waals surface area contributed by atoms with Crippen molar-refractivity contribution < 1.29 is 26.7 Å². The van der Waals surface area contributed by atoms with E-state index in [-0.39, 0.29) is 29.1 Å². The summed E-state index contributed by atoms with van der Waals surface area (Å²) in [6.45, 7) is 2.36. The molecule has 1 aliphatic carbocycles. The molecule has 2 atom stereocenters. The predicted octanol–water partition coefficient (Wildman–Crippen LogP) is 3.19. The van der Waals surface area contributed by atoms with Crippen LogP contribution in [0.25, 0.3) is 22.4 Å². The van der Waals surface area contributed by atoms with Crippen molar-refractivity contribution >= 4 is 21.1 Å². The molecule has 1 aliphatic rings. The Morgan fingerprint density at radius 2 is 1.89 bits per heavy atom.